The van der Waals surface area contributed by atoms with Gasteiger partial charge in [0.2, 0.25) is 0 Å². The van der Waals surface area contributed by atoms with Crippen LogP contribution in [0.1, 0.15) is 17.8 Å². The Morgan fingerprint density at radius 1 is 1.23 bits per heavy atom. The van der Waals surface area contributed by atoms with Crippen molar-refractivity contribution in [1.29, 1.82) is 0 Å². The predicted octanol–water partition coefficient (Wildman–Crippen LogP) is 2.62. The molecule has 0 aromatic carbocycles. The molecule has 0 aliphatic carbocycles. The van der Waals surface area contributed by atoms with Crippen molar-refractivity contribution in [2.24, 2.45) is 0 Å². The molecule has 3 aromatic heterocycles. The Hall–Kier alpha value is -2.63. The topological polar surface area (TPSA) is 64.3 Å². The van der Waals surface area contributed by atoms with E-state index in [1.165, 1.54) is 0 Å². The van der Waals surface area contributed by atoms with Crippen molar-refractivity contribution in [3.05, 3.63) is 48.0 Å². The molecule has 0 atom stereocenters. The van der Waals surface area contributed by atoms with E-state index in [9.17, 15) is 0 Å². The Kier molecular flexibility index (Phi) is 4.18. The molecule has 114 valence electrons. The maximum absolute atomic E-state index is 5.62. The molecule has 0 saturated heterocycles. The van der Waals surface area contributed by atoms with Gasteiger partial charge in [-0.2, -0.15) is 9.61 Å². The van der Waals surface area contributed by atoms with Crippen molar-refractivity contribution in [2.75, 3.05) is 18.5 Å². The van der Waals surface area contributed by atoms with Crippen LogP contribution in [0.5, 0.6) is 5.75 Å². The SMILES string of the molecule is Cc1cc(NCCCOc2cccnc2)n2nc(C)cc2n1. The minimum atomic E-state index is 0.643. The third-order valence-corrected chi connectivity index (χ3v) is 3.21. The first-order chi connectivity index (χ1) is 10.7. The van der Waals surface area contributed by atoms with Crippen molar-refractivity contribution in [1.82, 2.24) is 19.6 Å². The van der Waals surface area contributed by atoms with E-state index in [1.54, 1.807) is 12.4 Å². The largest absolute Gasteiger partial charge is 0.492 e. The molecule has 0 spiro atoms. The Labute approximate surface area is 129 Å². The highest BCUT2D eigenvalue weighted by Crippen LogP contribution is 2.13. The number of fused-ring (bicyclic) bond motifs is 1. The molecular weight excluding hydrogens is 278 g/mol. The quantitative estimate of drug-likeness (QED) is 0.709. The van der Waals surface area contributed by atoms with Crippen LogP contribution >= 0.6 is 0 Å². The first kappa shape index (κ1) is 14.3. The lowest BCUT2D eigenvalue weighted by atomic mass is 10.4. The van der Waals surface area contributed by atoms with Crippen LogP contribution in [0, 0.1) is 13.8 Å². The van der Waals surface area contributed by atoms with Gasteiger partial charge in [0.1, 0.15) is 11.6 Å². The normalized spacial score (nSPS) is 10.8. The summed E-state index contributed by atoms with van der Waals surface area (Å²) in [5.41, 5.74) is 2.80. The van der Waals surface area contributed by atoms with E-state index in [1.807, 2.05) is 42.6 Å². The van der Waals surface area contributed by atoms with Gasteiger partial charge in [-0.15, -0.1) is 0 Å². The molecule has 0 bridgehead atoms. The summed E-state index contributed by atoms with van der Waals surface area (Å²) in [6.07, 6.45) is 4.34. The highest BCUT2D eigenvalue weighted by Gasteiger charge is 2.05. The van der Waals surface area contributed by atoms with Gasteiger partial charge in [0.25, 0.3) is 0 Å². The van der Waals surface area contributed by atoms with Gasteiger partial charge in [0.05, 0.1) is 18.5 Å². The second-order valence-electron chi connectivity index (χ2n) is 5.16. The second kappa shape index (κ2) is 6.43. The molecule has 0 saturated carbocycles. The third-order valence-electron chi connectivity index (χ3n) is 3.21. The van der Waals surface area contributed by atoms with Gasteiger partial charge in [-0.1, -0.05) is 0 Å². The molecule has 0 radical (unpaired) electrons. The average Bonchev–Trinajstić information content (AvgIpc) is 2.88. The van der Waals surface area contributed by atoms with Crippen LogP contribution in [-0.4, -0.2) is 32.7 Å². The fraction of sp³-hybridized carbons (Fsp3) is 0.312. The number of pyridine rings is 1. The zero-order valence-electron chi connectivity index (χ0n) is 12.8. The smallest absolute Gasteiger partial charge is 0.157 e. The summed E-state index contributed by atoms with van der Waals surface area (Å²) in [7, 11) is 0. The van der Waals surface area contributed by atoms with Crippen molar-refractivity contribution >= 4 is 11.5 Å². The summed E-state index contributed by atoms with van der Waals surface area (Å²) < 4.78 is 7.46. The van der Waals surface area contributed by atoms with E-state index >= 15 is 0 Å². The van der Waals surface area contributed by atoms with Crippen molar-refractivity contribution < 1.29 is 4.74 Å². The molecule has 3 heterocycles. The molecule has 0 unspecified atom stereocenters. The van der Waals surface area contributed by atoms with Gasteiger partial charge in [0, 0.05) is 30.6 Å². The fourth-order valence-corrected chi connectivity index (χ4v) is 2.25. The summed E-state index contributed by atoms with van der Waals surface area (Å²) in [5, 5.41) is 7.85. The summed E-state index contributed by atoms with van der Waals surface area (Å²) in [5.74, 6) is 1.75. The average molecular weight is 297 g/mol. The lowest BCUT2D eigenvalue weighted by Crippen LogP contribution is -2.11. The van der Waals surface area contributed by atoms with E-state index < -0.39 is 0 Å². The molecule has 3 rings (SSSR count). The number of rotatable bonds is 6. The van der Waals surface area contributed by atoms with Crippen LogP contribution in [-0.2, 0) is 0 Å². The monoisotopic (exact) mass is 297 g/mol. The van der Waals surface area contributed by atoms with Crippen LogP contribution < -0.4 is 10.1 Å². The highest BCUT2D eigenvalue weighted by molar-refractivity contribution is 5.50. The number of nitrogens with zero attached hydrogens (tertiary/aromatic N) is 4. The number of hydrogen-bond donors (Lipinski definition) is 1. The third kappa shape index (κ3) is 3.33. The molecule has 0 aliphatic rings. The summed E-state index contributed by atoms with van der Waals surface area (Å²) >= 11 is 0. The molecule has 0 aliphatic heterocycles. The molecule has 6 heteroatoms. The van der Waals surface area contributed by atoms with Gasteiger partial charge < -0.3 is 10.1 Å². The van der Waals surface area contributed by atoms with Gasteiger partial charge >= 0.3 is 0 Å². The fourth-order valence-electron chi connectivity index (χ4n) is 2.25. The van der Waals surface area contributed by atoms with Crippen LogP contribution in [0.2, 0.25) is 0 Å². The molecule has 0 fully saturated rings. The first-order valence-corrected chi connectivity index (χ1v) is 7.33. The number of aromatic nitrogens is 4. The predicted molar refractivity (Wildman–Crippen MR) is 85.3 cm³/mol. The van der Waals surface area contributed by atoms with Gasteiger partial charge in [-0.3, -0.25) is 4.98 Å². The Morgan fingerprint density at radius 3 is 2.95 bits per heavy atom. The van der Waals surface area contributed by atoms with E-state index in [2.05, 4.69) is 20.4 Å². The summed E-state index contributed by atoms with van der Waals surface area (Å²) in [4.78, 5) is 8.49. The maximum atomic E-state index is 5.62. The zero-order valence-corrected chi connectivity index (χ0v) is 12.8. The van der Waals surface area contributed by atoms with Crippen molar-refractivity contribution in [2.45, 2.75) is 20.3 Å². The Morgan fingerprint density at radius 2 is 2.14 bits per heavy atom. The Balaban J connectivity index is 1.55. The van der Waals surface area contributed by atoms with E-state index in [0.29, 0.717) is 6.61 Å². The Bertz CT molecular complexity index is 754. The molecule has 1 N–H and O–H groups in total. The molecule has 6 nitrogen and oxygen atoms in total. The molecule has 22 heavy (non-hydrogen) atoms. The summed E-state index contributed by atoms with van der Waals surface area (Å²) in [6.45, 7) is 5.40. The number of hydrogen-bond acceptors (Lipinski definition) is 5. The van der Waals surface area contributed by atoms with Gasteiger partial charge in [-0.25, -0.2) is 4.98 Å². The molecule has 3 aromatic rings. The van der Waals surface area contributed by atoms with E-state index in [4.69, 9.17) is 4.74 Å². The first-order valence-electron chi connectivity index (χ1n) is 7.33. The summed E-state index contributed by atoms with van der Waals surface area (Å²) in [6, 6.07) is 7.75. The van der Waals surface area contributed by atoms with Crippen LogP contribution in [0.15, 0.2) is 36.7 Å². The lowest BCUT2D eigenvalue weighted by Gasteiger charge is -2.10. The van der Waals surface area contributed by atoms with Gasteiger partial charge in [0.15, 0.2) is 5.65 Å². The van der Waals surface area contributed by atoms with Crippen LogP contribution in [0.3, 0.4) is 0 Å². The van der Waals surface area contributed by atoms with Crippen molar-refractivity contribution in [3.63, 3.8) is 0 Å². The standard InChI is InChI=1S/C16H19N5O/c1-12-9-15(21-16(19-12)10-13(2)20-21)18-7-4-8-22-14-5-3-6-17-11-14/h3,5-6,9-11,18H,4,7-8H2,1-2H3. The maximum Gasteiger partial charge on any atom is 0.157 e. The number of aryl methyl sites for hydroxylation is 2. The minimum absolute atomic E-state index is 0.643. The molecular formula is C16H19N5O. The number of anilines is 1. The van der Waals surface area contributed by atoms with Gasteiger partial charge in [-0.05, 0) is 32.4 Å². The minimum Gasteiger partial charge on any atom is -0.492 e. The van der Waals surface area contributed by atoms with E-state index in [-0.39, 0.29) is 0 Å². The van der Waals surface area contributed by atoms with E-state index in [0.717, 1.165) is 41.6 Å². The second-order valence-corrected chi connectivity index (χ2v) is 5.16. The zero-order chi connectivity index (χ0) is 15.4. The lowest BCUT2D eigenvalue weighted by molar-refractivity contribution is 0.313. The van der Waals surface area contributed by atoms with Crippen LogP contribution in [0.4, 0.5) is 5.82 Å². The van der Waals surface area contributed by atoms with Crippen molar-refractivity contribution in [3.8, 4) is 5.75 Å². The number of ether oxygens (including phenoxy) is 1. The highest BCUT2D eigenvalue weighted by atomic mass is 16.5. The molecule has 0 amide bonds. The van der Waals surface area contributed by atoms with Crippen LogP contribution in [0.25, 0.3) is 5.65 Å². The number of nitrogens with one attached hydrogen (secondary N) is 1.